The Hall–Kier alpha value is -2.22. The van der Waals surface area contributed by atoms with Gasteiger partial charge in [0, 0.05) is 17.4 Å². The molecule has 3 N–H and O–H groups in total. The normalized spacial score (nSPS) is 9.75. The fraction of sp³-hybridized carbons (Fsp3) is 0.133. The zero-order chi connectivity index (χ0) is 14.5. The summed E-state index contributed by atoms with van der Waals surface area (Å²) in [6.07, 6.45) is 1.55. The van der Waals surface area contributed by atoms with Crippen LogP contribution in [0.2, 0.25) is 5.02 Å². The van der Waals surface area contributed by atoms with Crippen molar-refractivity contribution in [2.45, 2.75) is 6.92 Å². The molecule has 1 aromatic heterocycles. The van der Waals surface area contributed by atoms with Gasteiger partial charge in [-0.2, -0.15) is 0 Å². The SMILES string of the molecule is Cc1ccc(C#CCO)cc1NC(=O)c1cc(Cl)c[nH]1. The van der Waals surface area contributed by atoms with E-state index in [9.17, 15) is 4.79 Å². The number of anilines is 1. The van der Waals surface area contributed by atoms with E-state index in [0.717, 1.165) is 11.1 Å². The number of hydrogen-bond acceptors (Lipinski definition) is 2. The van der Waals surface area contributed by atoms with E-state index in [1.165, 1.54) is 0 Å². The van der Waals surface area contributed by atoms with Gasteiger partial charge in [-0.3, -0.25) is 4.79 Å². The predicted molar refractivity (Wildman–Crippen MR) is 78.9 cm³/mol. The van der Waals surface area contributed by atoms with Crippen molar-refractivity contribution in [3.8, 4) is 11.8 Å². The van der Waals surface area contributed by atoms with Gasteiger partial charge in [0.2, 0.25) is 0 Å². The van der Waals surface area contributed by atoms with Gasteiger partial charge < -0.3 is 15.4 Å². The van der Waals surface area contributed by atoms with Gasteiger partial charge in [-0.25, -0.2) is 0 Å². The zero-order valence-corrected chi connectivity index (χ0v) is 11.6. The third-order valence-electron chi connectivity index (χ3n) is 2.69. The van der Waals surface area contributed by atoms with Crippen LogP contribution in [0.25, 0.3) is 0 Å². The molecule has 20 heavy (non-hydrogen) atoms. The molecule has 4 nitrogen and oxygen atoms in total. The summed E-state index contributed by atoms with van der Waals surface area (Å²) in [5.41, 5.74) is 2.71. The average Bonchev–Trinajstić information content (AvgIpc) is 2.86. The maximum atomic E-state index is 12.0. The van der Waals surface area contributed by atoms with Crippen molar-refractivity contribution < 1.29 is 9.90 Å². The van der Waals surface area contributed by atoms with Crippen molar-refractivity contribution in [1.29, 1.82) is 0 Å². The maximum absolute atomic E-state index is 12.0. The molecule has 0 aliphatic carbocycles. The molecule has 2 rings (SSSR count). The standard InChI is InChI=1S/C15H13ClN2O2/c1-10-4-5-11(3-2-6-19)7-13(10)18-15(20)14-8-12(16)9-17-14/h4-5,7-9,17,19H,6H2,1H3,(H,18,20). The van der Waals surface area contributed by atoms with Gasteiger partial charge in [0.15, 0.2) is 0 Å². The summed E-state index contributed by atoms with van der Waals surface area (Å²) in [6.45, 7) is 1.69. The van der Waals surface area contributed by atoms with Crippen molar-refractivity contribution in [1.82, 2.24) is 4.98 Å². The van der Waals surface area contributed by atoms with Crippen LogP contribution in [-0.2, 0) is 0 Å². The molecule has 0 fully saturated rings. The largest absolute Gasteiger partial charge is 0.384 e. The number of nitrogens with one attached hydrogen (secondary N) is 2. The number of carbonyl (C=O) groups is 1. The number of aliphatic hydroxyl groups excluding tert-OH is 1. The highest BCUT2D eigenvalue weighted by Crippen LogP contribution is 2.18. The van der Waals surface area contributed by atoms with E-state index in [0.29, 0.717) is 16.4 Å². The Bertz CT molecular complexity index is 695. The summed E-state index contributed by atoms with van der Waals surface area (Å²) in [5.74, 6) is 5.10. The van der Waals surface area contributed by atoms with Crippen LogP contribution in [0.5, 0.6) is 0 Å². The van der Waals surface area contributed by atoms with Crippen LogP contribution in [0.3, 0.4) is 0 Å². The summed E-state index contributed by atoms with van der Waals surface area (Å²) in [5, 5.41) is 12.0. The van der Waals surface area contributed by atoms with E-state index >= 15 is 0 Å². The van der Waals surface area contributed by atoms with Gasteiger partial charge in [0.1, 0.15) is 12.3 Å². The molecule has 1 aromatic carbocycles. The summed E-state index contributed by atoms with van der Waals surface area (Å²) in [4.78, 5) is 14.8. The number of amides is 1. The van der Waals surface area contributed by atoms with Crippen LogP contribution < -0.4 is 5.32 Å². The van der Waals surface area contributed by atoms with Gasteiger partial charge >= 0.3 is 0 Å². The van der Waals surface area contributed by atoms with Gasteiger partial charge in [-0.15, -0.1) is 0 Å². The van der Waals surface area contributed by atoms with Crippen LogP contribution in [0.4, 0.5) is 5.69 Å². The second-order valence-corrected chi connectivity index (χ2v) is 4.61. The molecule has 1 amide bonds. The van der Waals surface area contributed by atoms with E-state index in [1.54, 1.807) is 18.3 Å². The van der Waals surface area contributed by atoms with E-state index in [1.807, 2.05) is 19.1 Å². The van der Waals surface area contributed by atoms with Crippen molar-refractivity contribution in [3.05, 3.63) is 52.3 Å². The first-order valence-electron chi connectivity index (χ1n) is 5.96. The second kappa shape index (κ2) is 6.29. The molecule has 0 aliphatic rings. The van der Waals surface area contributed by atoms with Gasteiger partial charge in [-0.05, 0) is 30.7 Å². The fourth-order valence-electron chi connectivity index (χ4n) is 1.66. The molecule has 102 valence electrons. The lowest BCUT2D eigenvalue weighted by Crippen LogP contribution is -2.13. The number of hydrogen-bond donors (Lipinski definition) is 3. The number of aryl methyl sites for hydroxylation is 1. The van der Waals surface area contributed by atoms with E-state index in [4.69, 9.17) is 16.7 Å². The Labute approximate surface area is 121 Å². The van der Waals surface area contributed by atoms with Crippen molar-refractivity contribution in [3.63, 3.8) is 0 Å². The van der Waals surface area contributed by atoms with Crippen molar-refractivity contribution in [2.24, 2.45) is 0 Å². The van der Waals surface area contributed by atoms with E-state index in [-0.39, 0.29) is 12.5 Å². The van der Waals surface area contributed by atoms with E-state index in [2.05, 4.69) is 22.1 Å². The highest BCUT2D eigenvalue weighted by molar-refractivity contribution is 6.31. The quantitative estimate of drug-likeness (QED) is 0.744. The molecule has 5 heteroatoms. The zero-order valence-electron chi connectivity index (χ0n) is 10.8. The van der Waals surface area contributed by atoms with Gasteiger partial charge in [0.25, 0.3) is 5.91 Å². The Morgan fingerprint density at radius 3 is 2.90 bits per heavy atom. The molecular weight excluding hydrogens is 276 g/mol. The number of H-pyrrole nitrogens is 1. The number of rotatable bonds is 2. The molecule has 2 aromatic rings. The van der Waals surface area contributed by atoms with Crippen molar-refractivity contribution >= 4 is 23.2 Å². The molecule has 1 heterocycles. The van der Waals surface area contributed by atoms with Crippen LogP contribution >= 0.6 is 11.6 Å². The highest BCUT2D eigenvalue weighted by Gasteiger charge is 2.10. The lowest BCUT2D eigenvalue weighted by molar-refractivity contribution is 0.102. The van der Waals surface area contributed by atoms with Crippen LogP contribution in [0.15, 0.2) is 30.5 Å². The Balaban J connectivity index is 2.22. The molecule has 0 saturated carbocycles. The van der Waals surface area contributed by atoms with Crippen molar-refractivity contribution in [2.75, 3.05) is 11.9 Å². The molecular formula is C15H13ClN2O2. The summed E-state index contributed by atoms with van der Waals surface area (Å²) >= 11 is 5.77. The number of carbonyl (C=O) groups excluding carboxylic acids is 1. The minimum atomic E-state index is -0.271. The molecule has 0 unspecified atom stereocenters. The minimum absolute atomic E-state index is 0.198. The highest BCUT2D eigenvalue weighted by atomic mass is 35.5. The molecule has 0 radical (unpaired) electrons. The molecule has 0 bridgehead atoms. The lowest BCUT2D eigenvalue weighted by atomic mass is 10.1. The number of benzene rings is 1. The maximum Gasteiger partial charge on any atom is 0.272 e. The molecule has 0 atom stereocenters. The summed E-state index contributed by atoms with van der Waals surface area (Å²) < 4.78 is 0. The number of halogens is 1. The monoisotopic (exact) mass is 288 g/mol. The average molecular weight is 289 g/mol. The van der Waals surface area contributed by atoms with Gasteiger partial charge in [0.05, 0.1) is 5.02 Å². The van der Waals surface area contributed by atoms with Gasteiger partial charge in [-0.1, -0.05) is 29.5 Å². The third-order valence-corrected chi connectivity index (χ3v) is 2.91. The topological polar surface area (TPSA) is 65.1 Å². The Kier molecular flexibility index (Phi) is 4.46. The first-order valence-corrected chi connectivity index (χ1v) is 6.33. The fourth-order valence-corrected chi connectivity index (χ4v) is 1.83. The predicted octanol–water partition coefficient (Wildman–Crippen LogP) is 2.57. The molecule has 0 spiro atoms. The van der Waals surface area contributed by atoms with Crippen LogP contribution in [0.1, 0.15) is 21.6 Å². The first kappa shape index (κ1) is 14.2. The second-order valence-electron chi connectivity index (χ2n) is 4.18. The minimum Gasteiger partial charge on any atom is -0.384 e. The first-order chi connectivity index (χ1) is 9.60. The third kappa shape index (κ3) is 3.41. The number of aromatic nitrogens is 1. The summed E-state index contributed by atoms with van der Waals surface area (Å²) in [6, 6.07) is 7.01. The molecule has 0 aliphatic heterocycles. The number of aliphatic hydroxyl groups is 1. The Morgan fingerprint density at radius 2 is 2.25 bits per heavy atom. The number of aromatic amines is 1. The lowest BCUT2D eigenvalue weighted by Gasteiger charge is -2.08. The van der Waals surface area contributed by atoms with Crippen LogP contribution in [0, 0.1) is 18.8 Å². The van der Waals surface area contributed by atoms with Crippen LogP contribution in [-0.4, -0.2) is 22.6 Å². The summed E-state index contributed by atoms with van der Waals surface area (Å²) in [7, 11) is 0. The molecule has 0 saturated heterocycles. The smallest absolute Gasteiger partial charge is 0.272 e. The van der Waals surface area contributed by atoms with E-state index < -0.39 is 0 Å². The Morgan fingerprint density at radius 1 is 1.45 bits per heavy atom.